The molecule has 0 fully saturated rings. The van der Waals surface area contributed by atoms with E-state index in [4.69, 9.17) is 16.3 Å². The minimum Gasteiger partial charge on any atom is -0.495 e. The standard InChI is InChI=1S/C24H25ClN2O4S/c1-16-9-10-17(2)21(13-16)26-24(28)22(14-18-7-5-4-6-8-18)27-32(29,30)19-11-12-23(31-3)20(25)15-19/h4-13,15,22,27H,14H2,1-3H3,(H,26,28). The van der Waals surface area contributed by atoms with Crippen LogP contribution in [0.15, 0.2) is 71.6 Å². The number of benzene rings is 3. The fraction of sp³-hybridized carbons (Fsp3) is 0.208. The topological polar surface area (TPSA) is 84.5 Å². The van der Waals surface area contributed by atoms with E-state index >= 15 is 0 Å². The number of carbonyl (C=O) groups is 1. The van der Waals surface area contributed by atoms with Crippen LogP contribution in [0.1, 0.15) is 16.7 Å². The Bertz CT molecular complexity index is 1210. The second-order valence-electron chi connectivity index (χ2n) is 7.47. The quantitative estimate of drug-likeness (QED) is 0.505. The third-order valence-corrected chi connectivity index (χ3v) is 6.75. The smallest absolute Gasteiger partial charge is 0.242 e. The lowest BCUT2D eigenvalue weighted by Crippen LogP contribution is -2.45. The molecule has 0 saturated carbocycles. The van der Waals surface area contributed by atoms with Crippen molar-refractivity contribution in [1.82, 2.24) is 4.72 Å². The van der Waals surface area contributed by atoms with Crippen LogP contribution in [-0.2, 0) is 21.2 Å². The molecule has 0 saturated heterocycles. The third-order valence-electron chi connectivity index (χ3n) is 4.98. The third kappa shape index (κ3) is 5.88. The lowest BCUT2D eigenvalue weighted by molar-refractivity contribution is -0.117. The molecule has 168 valence electrons. The first-order chi connectivity index (χ1) is 15.2. The van der Waals surface area contributed by atoms with E-state index in [0.29, 0.717) is 11.4 Å². The van der Waals surface area contributed by atoms with E-state index in [2.05, 4.69) is 10.0 Å². The first-order valence-electron chi connectivity index (χ1n) is 9.97. The number of halogens is 1. The average molecular weight is 473 g/mol. The summed E-state index contributed by atoms with van der Waals surface area (Å²) < 4.78 is 33.8. The Morgan fingerprint density at radius 3 is 2.41 bits per heavy atom. The minimum atomic E-state index is -4.03. The molecule has 6 nitrogen and oxygen atoms in total. The van der Waals surface area contributed by atoms with Crippen molar-refractivity contribution >= 4 is 33.2 Å². The maximum absolute atomic E-state index is 13.2. The van der Waals surface area contributed by atoms with Crippen LogP contribution in [0.4, 0.5) is 5.69 Å². The predicted octanol–water partition coefficient (Wildman–Crippen LogP) is 4.49. The lowest BCUT2D eigenvalue weighted by atomic mass is 10.1. The molecule has 1 atom stereocenters. The first kappa shape index (κ1) is 23.8. The molecule has 0 aliphatic heterocycles. The zero-order chi connectivity index (χ0) is 23.3. The Hall–Kier alpha value is -2.87. The summed E-state index contributed by atoms with van der Waals surface area (Å²) >= 11 is 6.11. The van der Waals surface area contributed by atoms with Gasteiger partial charge in [-0.05, 0) is 61.2 Å². The van der Waals surface area contributed by atoms with Gasteiger partial charge in [-0.2, -0.15) is 4.72 Å². The monoisotopic (exact) mass is 472 g/mol. The zero-order valence-electron chi connectivity index (χ0n) is 18.1. The van der Waals surface area contributed by atoms with Crippen molar-refractivity contribution in [2.24, 2.45) is 0 Å². The molecule has 0 spiro atoms. The summed E-state index contributed by atoms with van der Waals surface area (Å²) in [6.45, 7) is 3.80. The molecular formula is C24H25ClN2O4S. The summed E-state index contributed by atoms with van der Waals surface area (Å²) in [6.07, 6.45) is 0.181. The van der Waals surface area contributed by atoms with E-state index in [1.807, 2.05) is 62.4 Å². The fourth-order valence-electron chi connectivity index (χ4n) is 3.20. The molecule has 0 radical (unpaired) electrons. The molecule has 3 rings (SSSR count). The maximum Gasteiger partial charge on any atom is 0.242 e. The van der Waals surface area contributed by atoms with Crippen molar-refractivity contribution in [1.29, 1.82) is 0 Å². The number of carbonyl (C=O) groups excluding carboxylic acids is 1. The summed E-state index contributed by atoms with van der Waals surface area (Å²) in [7, 11) is -2.59. The van der Waals surface area contributed by atoms with Gasteiger partial charge in [0.15, 0.2) is 0 Å². The largest absolute Gasteiger partial charge is 0.495 e. The van der Waals surface area contributed by atoms with Gasteiger partial charge in [0.25, 0.3) is 0 Å². The van der Waals surface area contributed by atoms with Gasteiger partial charge >= 0.3 is 0 Å². The molecule has 3 aromatic rings. The van der Waals surface area contributed by atoms with Crippen molar-refractivity contribution in [3.8, 4) is 5.75 Å². The highest BCUT2D eigenvalue weighted by Gasteiger charge is 2.27. The van der Waals surface area contributed by atoms with Crippen LogP contribution >= 0.6 is 11.6 Å². The van der Waals surface area contributed by atoms with Crippen LogP contribution < -0.4 is 14.8 Å². The summed E-state index contributed by atoms with van der Waals surface area (Å²) in [5.41, 5.74) is 3.33. The summed E-state index contributed by atoms with van der Waals surface area (Å²) in [4.78, 5) is 13.1. The van der Waals surface area contributed by atoms with Gasteiger partial charge in [-0.1, -0.05) is 54.1 Å². The predicted molar refractivity (Wildman–Crippen MR) is 127 cm³/mol. The highest BCUT2D eigenvalue weighted by molar-refractivity contribution is 7.89. The highest BCUT2D eigenvalue weighted by Crippen LogP contribution is 2.27. The second-order valence-corrected chi connectivity index (χ2v) is 9.59. The number of anilines is 1. The molecule has 0 heterocycles. The molecule has 2 N–H and O–H groups in total. The lowest BCUT2D eigenvalue weighted by Gasteiger charge is -2.20. The number of hydrogen-bond donors (Lipinski definition) is 2. The summed E-state index contributed by atoms with van der Waals surface area (Å²) in [5.74, 6) is -0.0927. The van der Waals surface area contributed by atoms with Gasteiger partial charge in [0.2, 0.25) is 15.9 Å². The Kier molecular flexibility index (Phi) is 7.56. The molecule has 0 aliphatic carbocycles. The van der Waals surface area contributed by atoms with E-state index in [9.17, 15) is 13.2 Å². The first-order valence-corrected chi connectivity index (χ1v) is 11.8. The van der Waals surface area contributed by atoms with E-state index in [1.165, 1.54) is 25.3 Å². The fourth-order valence-corrected chi connectivity index (χ4v) is 4.74. The SMILES string of the molecule is COc1ccc(S(=O)(=O)NC(Cc2ccccc2)C(=O)Nc2cc(C)ccc2C)cc1Cl. The van der Waals surface area contributed by atoms with Gasteiger partial charge in [0.1, 0.15) is 11.8 Å². The number of sulfonamides is 1. The highest BCUT2D eigenvalue weighted by atomic mass is 35.5. The van der Waals surface area contributed by atoms with Crippen LogP contribution in [0.2, 0.25) is 5.02 Å². The number of rotatable bonds is 8. The molecule has 3 aromatic carbocycles. The Balaban J connectivity index is 1.90. The molecular weight excluding hydrogens is 448 g/mol. The van der Waals surface area contributed by atoms with Gasteiger partial charge in [0, 0.05) is 5.69 Å². The van der Waals surface area contributed by atoms with E-state index in [0.717, 1.165) is 16.7 Å². The van der Waals surface area contributed by atoms with Gasteiger partial charge in [-0.3, -0.25) is 4.79 Å². The molecule has 0 aromatic heterocycles. The molecule has 0 bridgehead atoms. The Morgan fingerprint density at radius 1 is 1.03 bits per heavy atom. The van der Waals surface area contributed by atoms with Gasteiger partial charge in [0.05, 0.1) is 17.0 Å². The summed E-state index contributed by atoms with van der Waals surface area (Å²) in [6, 6.07) is 18.0. The molecule has 8 heteroatoms. The van der Waals surface area contributed by atoms with E-state index < -0.39 is 22.0 Å². The number of hydrogen-bond acceptors (Lipinski definition) is 4. The van der Waals surface area contributed by atoms with Gasteiger partial charge in [-0.25, -0.2) is 8.42 Å². The van der Waals surface area contributed by atoms with Crippen molar-refractivity contribution in [2.45, 2.75) is 31.2 Å². The number of aryl methyl sites for hydroxylation is 2. The minimum absolute atomic E-state index is 0.0547. The molecule has 0 aliphatic rings. The van der Waals surface area contributed by atoms with Crippen LogP contribution in [0.5, 0.6) is 5.75 Å². The number of amides is 1. The Morgan fingerprint density at radius 2 is 1.75 bits per heavy atom. The number of methoxy groups -OCH3 is 1. The van der Waals surface area contributed by atoms with Crippen LogP contribution in [-0.4, -0.2) is 27.5 Å². The van der Waals surface area contributed by atoms with Crippen LogP contribution in [0, 0.1) is 13.8 Å². The van der Waals surface area contributed by atoms with Crippen molar-refractivity contribution in [3.63, 3.8) is 0 Å². The number of nitrogens with one attached hydrogen (secondary N) is 2. The Labute approximate surface area is 193 Å². The molecule has 1 unspecified atom stereocenters. The van der Waals surface area contributed by atoms with Crippen molar-refractivity contribution in [2.75, 3.05) is 12.4 Å². The van der Waals surface area contributed by atoms with Crippen molar-refractivity contribution in [3.05, 3.63) is 88.4 Å². The molecule has 32 heavy (non-hydrogen) atoms. The van der Waals surface area contributed by atoms with Crippen LogP contribution in [0.3, 0.4) is 0 Å². The normalized spacial score (nSPS) is 12.2. The van der Waals surface area contributed by atoms with E-state index in [-0.39, 0.29) is 16.3 Å². The van der Waals surface area contributed by atoms with Crippen LogP contribution in [0.25, 0.3) is 0 Å². The zero-order valence-corrected chi connectivity index (χ0v) is 19.6. The second kappa shape index (κ2) is 10.2. The van der Waals surface area contributed by atoms with Gasteiger partial charge < -0.3 is 10.1 Å². The van der Waals surface area contributed by atoms with E-state index in [1.54, 1.807) is 0 Å². The van der Waals surface area contributed by atoms with Crippen molar-refractivity contribution < 1.29 is 17.9 Å². The van der Waals surface area contributed by atoms with Gasteiger partial charge in [-0.15, -0.1) is 0 Å². The summed E-state index contributed by atoms with van der Waals surface area (Å²) in [5, 5.41) is 3.02. The number of ether oxygens (including phenoxy) is 1. The maximum atomic E-state index is 13.2. The average Bonchev–Trinajstić information content (AvgIpc) is 2.76. The molecule has 1 amide bonds.